The molecule has 4 rings (SSSR count). The summed E-state index contributed by atoms with van der Waals surface area (Å²) in [5, 5.41) is 3.89. The van der Waals surface area contributed by atoms with Gasteiger partial charge in [-0.15, -0.1) is 23.5 Å². The average molecular weight is 450 g/mol. The van der Waals surface area contributed by atoms with Crippen molar-refractivity contribution in [3.05, 3.63) is 78.5 Å². The van der Waals surface area contributed by atoms with Crippen LogP contribution in [0.3, 0.4) is 0 Å². The quantitative estimate of drug-likeness (QED) is 0.500. The predicted octanol–water partition coefficient (Wildman–Crippen LogP) is 5.23. The second-order valence-electron chi connectivity index (χ2n) is 7.07. The van der Waals surface area contributed by atoms with E-state index in [1.807, 2.05) is 66.7 Å². The maximum Gasteiger partial charge on any atom is 0.227 e. The first-order valence-corrected chi connectivity index (χ1v) is 12.1. The SMILES string of the molecule is O=C(CCC(=O)N1CCSc2ccccc21)Nc1cccc(CSc2ccccn2)c1. The van der Waals surface area contributed by atoms with E-state index in [0.717, 1.165) is 38.4 Å². The molecule has 0 saturated carbocycles. The summed E-state index contributed by atoms with van der Waals surface area (Å²) < 4.78 is 0. The summed E-state index contributed by atoms with van der Waals surface area (Å²) in [5.74, 6) is 1.48. The Labute approximate surface area is 190 Å². The van der Waals surface area contributed by atoms with E-state index in [0.29, 0.717) is 6.54 Å². The minimum Gasteiger partial charge on any atom is -0.326 e. The number of hydrogen-bond acceptors (Lipinski definition) is 5. The molecule has 0 fully saturated rings. The van der Waals surface area contributed by atoms with Crippen molar-refractivity contribution in [3.8, 4) is 0 Å². The van der Waals surface area contributed by atoms with Crippen LogP contribution >= 0.6 is 23.5 Å². The van der Waals surface area contributed by atoms with Crippen LogP contribution in [0.1, 0.15) is 18.4 Å². The topological polar surface area (TPSA) is 62.3 Å². The number of thioether (sulfide) groups is 2. The highest BCUT2D eigenvalue weighted by Gasteiger charge is 2.22. The lowest BCUT2D eigenvalue weighted by molar-refractivity contribution is -0.122. The van der Waals surface area contributed by atoms with E-state index >= 15 is 0 Å². The molecule has 5 nitrogen and oxygen atoms in total. The van der Waals surface area contributed by atoms with Crippen molar-refractivity contribution in [3.63, 3.8) is 0 Å². The second-order valence-corrected chi connectivity index (χ2v) is 9.20. The van der Waals surface area contributed by atoms with Crippen molar-refractivity contribution < 1.29 is 9.59 Å². The summed E-state index contributed by atoms with van der Waals surface area (Å²) in [6.07, 6.45) is 2.14. The van der Waals surface area contributed by atoms with E-state index in [4.69, 9.17) is 0 Å². The lowest BCUT2D eigenvalue weighted by Crippen LogP contribution is -2.35. The number of aromatic nitrogens is 1. The van der Waals surface area contributed by atoms with Crippen molar-refractivity contribution >= 4 is 46.7 Å². The normalized spacial score (nSPS) is 12.8. The first-order valence-electron chi connectivity index (χ1n) is 10.1. The Kier molecular flexibility index (Phi) is 7.27. The maximum absolute atomic E-state index is 12.7. The van der Waals surface area contributed by atoms with Crippen LogP contribution in [0.25, 0.3) is 0 Å². The van der Waals surface area contributed by atoms with Gasteiger partial charge in [-0.05, 0) is 42.0 Å². The minimum absolute atomic E-state index is 0.0107. The number of amides is 2. The third kappa shape index (κ3) is 5.89. The van der Waals surface area contributed by atoms with Crippen LogP contribution < -0.4 is 10.2 Å². The van der Waals surface area contributed by atoms with Gasteiger partial charge in [0.05, 0.1) is 10.7 Å². The van der Waals surface area contributed by atoms with E-state index in [9.17, 15) is 9.59 Å². The second kappa shape index (κ2) is 10.5. The van der Waals surface area contributed by atoms with Crippen LogP contribution in [-0.2, 0) is 15.3 Å². The molecule has 2 aromatic carbocycles. The molecule has 0 aliphatic carbocycles. The largest absolute Gasteiger partial charge is 0.326 e. The summed E-state index contributed by atoms with van der Waals surface area (Å²) in [7, 11) is 0. The Hall–Kier alpha value is -2.77. The Bertz CT molecular complexity index is 1060. The zero-order valence-electron chi connectivity index (χ0n) is 17.0. The van der Waals surface area contributed by atoms with Crippen molar-refractivity contribution in [2.45, 2.75) is 28.5 Å². The molecule has 1 aromatic heterocycles. The molecule has 0 unspecified atom stereocenters. The van der Waals surface area contributed by atoms with Gasteiger partial charge in [0.2, 0.25) is 11.8 Å². The van der Waals surface area contributed by atoms with Gasteiger partial charge in [-0.25, -0.2) is 4.98 Å². The highest BCUT2D eigenvalue weighted by atomic mass is 32.2. The molecule has 2 amide bonds. The first kappa shape index (κ1) is 21.5. The van der Waals surface area contributed by atoms with Crippen LogP contribution in [0, 0.1) is 0 Å². The summed E-state index contributed by atoms with van der Waals surface area (Å²) in [6.45, 7) is 0.679. The summed E-state index contributed by atoms with van der Waals surface area (Å²) in [5.41, 5.74) is 2.80. The molecule has 0 atom stereocenters. The fraction of sp³-hybridized carbons (Fsp3) is 0.208. The molecule has 158 valence electrons. The standard InChI is InChI=1S/C24H23N3O2S2/c28-22(11-12-24(29)27-14-15-30-21-9-2-1-8-20(21)27)26-19-7-5-6-18(16-19)17-31-23-10-3-4-13-25-23/h1-10,13,16H,11-12,14-15,17H2,(H,26,28). The van der Waals surface area contributed by atoms with Crippen LogP contribution in [0.2, 0.25) is 0 Å². The van der Waals surface area contributed by atoms with Crippen molar-refractivity contribution in [2.75, 3.05) is 22.5 Å². The highest BCUT2D eigenvalue weighted by Crippen LogP contribution is 2.34. The predicted molar refractivity (Wildman–Crippen MR) is 128 cm³/mol. The van der Waals surface area contributed by atoms with Gasteiger partial charge >= 0.3 is 0 Å². The number of para-hydroxylation sites is 1. The Morgan fingerprint density at radius 2 is 1.90 bits per heavy atom. The molecular weight excluding hydrogens is 426 g/mol. The van der Waals surface area contributed by atoms with Gasteiger partial charge in [-0.2, -0.15) is 0 Å². The number of anilines is 2. The number of fused-ring (bicyclic) bond motifs is 1. The molecule has 2 heterocycles. The van der Waals surface area contributed by atoms with Crippen LogP contribution in [-0.4, -0.2) is 29.1 Å². The molecule has 1 aliphatic heterocycles. The van der Waals surface area contributed by atoms with Gasteiger partial charge in [0.1, 0.15) is 0 Å². The number of nitrogens with zero attached hydrogens (tertiary/aromatic N) is 2. The van der Waals surface area contributed by atoms with Crippen LogP contribution in [0.15, 0.2) is 82.8 Å². The number of benzene rings is 2. The number of rotatable bonds is 7. The zero-order chi connectivity index (χ0) is 21.5. The van der Waals surface area contributed by atoms with Gasteiger partial charge in [0.15, 0.2) is 0 Å². The van der Waals surface area contributed by atoms with Crippen LogP contribution in [0.5, 0.6) is 0 Å². The van der Waals surface area contributed by atoms with Gasteiger partial charge < -0.3 is 10.2 Å². The number of pyridine rings is 1. The molecule has 7 heteroatoms. The minimum atomic E-state index is -0.150. The number of nitrogens with one attached hydrogen (secondary N) is 1. The molecule has 1 N–H and O–H groups in total. The highest BCUT2D eigenvalue weighted by molar-refractivity contribution is 7.99. The lowest BCUT2D eigenvalue weighted by atomic mass is 10.2. The van der Waals surface area contributed by atoms with Crippen molar-refractivity contribution in [1.29, 1.82) is 0 Å². The molecule has 1 aliphatic rings. The van der Waals surface area contributed by atoms with Gasteiger partial charge in [-0.3, -0.25) is 9.59 Å². The summed E-state index contributed by atoms with van der Waals surface area (Å²) in [4.78, 5) is 32.4. The molecule has 0 bridgehead atoms. The van der Waals surface area contributed by atoms with E-state index < -0.39 is 0 Å². The van der Waals surface area contributed by atoms with Crippen LogP contribution in [0.4, 0.5) is 11.4 Å². The monoisotopic (exact) mass is 449 g/mol. The molecule has 3 aromatic rings. The number of carbonyl (C=O) groups is 2. The third-order valence-corrected chi connectivity index (χ3v) is 6.89. The zero-order valence-corrected chi connectivity index (χ0v) is 18.6. The smallest absolute Gasteiger partial charge is 0.227 e. The summed E-state index contributed by atoms with van der Waals surface area (Å²) >= 11 is 3.41. The molecule has 0 saturated heterocycles. The van der Waals surface area contributed by atoms with Crippen molar-refractivity contribution in [2.24, 2.45) is 0 Å². The fourth-order valence-electron chi connectivity index (χ4n) is 3.34. The van der Waals surface area contributed by atoms with E-state index in [-0.39, 0.29) is 24.7 Å². The molecule has 0 spiro atoms. The number of carbonyl (C=O) groups excluding carboxylic acids is 2. The Morgan fingerprint density at radius 3 is 2.77 bits per heavy atom. The first-order chi connectivity index (χ1) is 15.2. The van der Waals surface area contributed by atoms with E-state index in [1.165, 1.54) is 0 Å². The number of hydrogen-bond donors (Lipinski definition) is 1. The van der Waals surface area contributed by atoms with Gasteiger partial charge in [0, 0.05) is 47.7 Å². The Morgan fingerprint density at radius 1 is 1.03 bits per heavy atom. The van der Waals surface area contributed by atoms with Crippen molar-refractivity contribution in [1.82, 2.24) is 4.98 Å². The molecule has 0 radical (unpaired) electrons. The molecular formula is C24H23N3O2S2. The van der Waals surface area contributed by atoms with Gasteiger partial charge in [0.25, 0.3) is 0 Å². The lowest BCUT2D eigenvalue weighted by Gasteiger charge is -2.29. The van der Waals surface area contributed by atoms with E-state index in [1.54, 1.807) is 34.6 Å². The fourth-order valence-corrected chi connectivity index (χ4v) is 5.14. The third-order valence-electron chi connectivity index (χ3n) is 4.83. The molecule has 31 heavy (non-hydrogen) atoms. The van der Waals surface area contributed by atoms with E-state index in [2.05, 4.69) is 10.3 Å². The Balaban J connectivity index is 1.29. The van der Waals surface area contributed by atoms with Gasteiger partial charge in [-0.1, -0.05) is 30.3 Å². The summed E-state index contributed by atoms with van der Waals surface area (Å²) in [6, 6.07) is 21.6. The average Bonchev–Trinajstić information content (AvgIpc) is 2.82. The maximum atomic E-state index is 12.7.